The molecule has 0 saturated heterocycles. The fourth-order valence-electron chi connectivity index (χ4n) is 1.69. The van der Waals surface area contributed by atoms with E-state index in [0.29, 0.717) is 5.75 Å². The van der Waals surface area contributed by atoms with Crippen molar-refractivity contribution in [2.75, 3.05) is 7.11 Å². The van der Waals surface area contributed by atoms with Crippen LogP contribution in [0.2, 0.25) is 0 Å². The topological polar surface area (TPSA) is 59.4 Å². The molecule has 0 saturated carbocycles. The molecule has 0 unspecified atom stereocenters. The second-order valence-electron chi connectivity index (χ2n) is 3.91. The molecule has 92 valence electrons. The summed E-state index contributed by atoms with van der Waals surface area (Å²) in [7, 11) is 1.56. The standard InChI is InChI=1S/C14H13NO3/c1-9-3-4-11(8-15-9)12-7-10(14(16)17)5-6-13(12)18-2/h3-8H,1-2H3,(H,16,17). The number of aryl methyl sites for hydroxylation is 1. The lowest BCUT2D eigenvalue weighted by molar-refractivity contribution is 0.0697. The Morgan fingerprint density at radius 3 is 2.61 bits per heavy atom. The summed E-state index contributed by atoms with van der Waals surface area (Å²) in [6.45, 7) is 1.90. The number of carbonyl (C=O) groups is 1. The van der Waals surface area contributed by atoms with Crippen LogP contribution < -0.4 is 4.74 Å². The number of nitrogens with zero attached hydrogens (tertiary/aromatic N) is 1. The van der Waals surface area contributed by atoms with Gasteiger partial charge >= 0.3 is 5.97 Å². The zero-order valence-electron chi connectivity index (χ0n) is 10.2. The number of aromatic nitrogens is 1. The molecule has 18 heavy (non-hydrogen) atoms. The molecule has 0 aliphatic rings. The molecule has 2 rings (SSSR count). The van der Waals surface area contributed by atoms with E-state index in [1.807, 2.05) is 19.1 Å². The predicted octanol–water partition coefficient (Wildman–Crippen LogP) is 2.76. The average molecular weight is 243 g/mol. The van der Waals surface area contributed by atoms with Crippen molar-refractivity contribution in [3.63, 3.8) is 0 Å². The summed E-state index contributed by atoms with van der Waals surface area (Å²) in [5, 5.41) is 9.01. The van der Waals surface area contributed by atoms with Gasteiger partial charge in [-0.05, 0) is 31.2 Å². The fourth-order valence-corrected chi connectivity index (χ4v) is 1.69. The molecule has 1 aromatic carbocycles. The van der Waals surface area contributed by atoms with Gasteiger partial charge in [0, 0.05) is 23.0 Å². The maximum Gasteiger partial charge on any atom is 0.335 e. The smallest absolute Gasteiger partial charge is 0.335 e. The number of hydrogen-bond donors (Lipinski definition) is 1. The van der Waals surface area contributed by atoms with Gasteiger partial charge in [-0.25, -0.2) is 4.79 Å². The minimum Gasteiger partial charge on any atom is -0.496 e. The Kier molecular flexibility index (Phi) is 3.28. The zero-order chi connectivity index (χ0) is 13.1. The van der Waals surface area contributed by atoms with Crippen LogP contribution in [0.25, 0.3) is 11.1 Å². The number of ether oxygens (including phenoxy) is 1. The first-order chi connectivity index (χ1) is 8.61. The highest BCUT2D eigenvalue weighted by atomic mass is 16.5. The first-order valence-corrected chi connectivity index (χ1v) is 5.46. The van der Waals surface area contributed by atoms with E-state index in [1.165, 1.54) is 6.07 Å². The third kappa shape index (κ3) is 2.32. The second kappa shape index (κ2) is 4.87. The Morgan fingerprint density at radius 2 is 2.06 bits per heavy atom. The van der Waals surface area contributed by atoms with Gasteiger partial charge in [0.05, 0.1) is 12.7 Å². The average Bonchev–Trinajstić information content (AvgIpc) is 2.39. The highest BCUT2D eigenvalue weighted by molar-refractivity contribution is 5.90. The summed E-state index contributed by atoms with van der Waals surface area (Å²) in [5.74, 6) is -0.329. The summed E-state index contributed by atoms with van der Waals surface area (Å²) in [5.41, 5.74) is 2.70. The molecule has 0 atom stereocenters. The van der Waals surface area contributed by atoms with E-state index >= 15 is 0 Å². The summed E-state index contributed by atoms with van der Waals surface area (Å²) < 4.78 is 5.24. The Balaban J connectivity index is 2.56. The van der Waals surface area contributed by atoms with Gasteiger partial charge in [0.15, 0.2) is 0 Å². The molecule has 1 heterocycles. The lowest BCUT2D eigenvalue weighted by Gasteiger charge is -2.09. The molecule has 4 heteroatoms. The monoisotopic (exact) mass is 243 g/mol. The third-order valence-corrected chi connectivity index (χ3v) is 2.67. The number of pyridine rings is 1. The van der Waals surface area contributed by atoms with Gasteiger partial charge in [0.1, 0.15) is 5.75 Å². The quantitative estimate of drug-likeness (QED) is 0.900. The molecule has 1 aromatic heterocycles. The zero-order valence-corrected chi connectivity index (χ0v) is 10.2. The van der Waals surface area contributed by atoms with E-state index in [4.69, 9.17) is 9.84 Å². The molecule has 0 radical (unpaired) electrons. The SMILES string of the molecule is COc1ccc(C(=O)O)cc1-c1ccc(C)nc1. The Hall–Kier alpha value is -2.36. The molecule has 0 aliphatic heterocycles. The number of methoxy groups -OCH3 is 1. The van der Waals surface area contributed by atoms with Gasteiger partial charge in [-0.3, -0.25) is 4.98 Å². The largest absolute Gasteiger partial charge is 0.496 e. The van der Waals surface area contributed by atoms with Crippen LogP contribution in [0.4, 0.5) is 0 Å². The molecule has 2 aromatic rings. The highest BCUT2D eigenvalue weighted by Gasteiger charge is 2.10. The molecule has 0 bridgehead atoms. The van der Waals surface area contributed by atoms with Gasteiger partial charge in [0.25, 0.3) is 0 Å². The second-order valence-corrected chi connectivity index (χ2v) is 3.91. The maximum absolute atomic E-state index is 11.0. The van der Waals surface area contributed by atoms with Crippen LogP contribution in [0.5, 0.6) is 5.75 Å². The number of aromatic carboxylic acids is 1. The fraction of sp³-hybridized carbons (Fsp3) is 0.143. The molecule has 0 spiro atoms. The number of hydrogen-bond acceptors (Lipinski definition) is 3. The van der Waals surface area contributed by atoms with E-state index < -0.39 is 5.97 Å². The Morgan fingerprint density at radius 1 is 1.28 bits per heavy atom. The number of carboxylic acids is 1. The van der Waals surface area contributed by atoms with E-state index in [9.17, 15) is 4.79 Å². The van der Waals surface area contributed by atoms with Crippen LogP contribution in [-0.2, 0) is 0 Å². The molecule has 0 amide bonds. The van der Waals surface area contributed by atoms with E-state index in [2.05, 4.69) is 4.98 Å². The number of benzene rings is 1. The molecular formula is C14H13NO3. The predicted molar refractivity (Wildman–Crippen MR) is 67.9 cm³/mol. The molecule has 4 nitrogen and oxygen atoms in total. The van der Waals surface area contributed by atoms with Crippen LogP contribution in [-0.4, -0.2) is 23.2 Å². The summed E-state index contributed by atoms with van der Waals surface area (Å²) in [6.07, 6.45) is 1.71. The lowest BCUT2D eigenvalue weighted by atomic mass is 10.0. The summed E-state index contributed by atoms with van der Waals surface area (Å²) in [6, 6.07) is 8.53. The van der Waals surface area contributed by atoms with Crippen LogP contribution in [0.15, 0.2) is 36.5 Å². The van der Waals surface area contributed by atoms with Crippen molar-refractivity contribution in [2.24, 2.45) is 0 Å². The van der Waals surface area contributed by atoms with Crippen LogP contribution in [0, 0.1) is 6.92 Å². The third-order valence-electron chi connectivity index (χ3n) is 2.67. The minimum atomic E-state index is -0.959. The van der Waals surface area contributed by atoms with E-state index in [-0.39, 0.29) is 5.56 Å². The summed E-state index contributed by atoms with van der Waals surface area (Å²) >= 11 is 0. The Bertz CT molecular complexity index is 576. The van der Waals surface area contributed by atoms with E-state index in [1.54, 1.807) is 25.4 Å². The minimum absolute atomic E-state index is 0.228. The normalized spacial score (nSPS) is 10.1. The first kappa shape index (κ1) is 12.1. The van der Waals surface area contributed by atoms with Crippen molar-refractivity contribution in [1.29, 1.82) is 0 Å². The van der Waals surface area contributed by atoms with Crippen LogP contribution >= 0.6 is 0 Å². The number of rotatable bonds is 3. The van der Waals surface area contributed by atoms with Crippen molar-refractivity contribution in [3.05, 3.63) is 47.8 Å². The van der Waals surface area contributed by atoms with Gasteiger partial charge in [-0.2, -0.15) is 0 Å². The van der Waals surface area contributed by atoms with Gasteiger partial charge in [-0.1, -0.05) is 6.07 Å². The summed E-state index contributed by atoms with van der Waals surface area (Å²) in [4.78, 5) is 15.2. The maximum atomic E-state index is 11.0. The van der Waals surface area contributed by atoms with Gasteiger partial charge < -0.3 is 9.84 Å². The molecule has 0 fully saturated rings. The van der Waals surface area contributed by atoms with Gasteiger partial charge in [-0.15, -0.1) is 0 Å². The van der Waals surface area contributed by atoms with Crippen molar-refractivity contribution in [2.45, 2.75) is 6.92 Å². The van der Waals surface area contributed by atoms with Gasteiger partial charge in [0.2, 0.25) is 0 Å². The van der Waals surface area contributed by atoms with Crippen LogP contribution in [0.1, 0.15) is 16.1 Å². The van der Waals surface area contributed by atoms with Crippen molar-refractivity contribution < 1.29 is 14.6 Å². The molecular weight excluding hydrogens is 230 g/mol. The Labute approximate surface area is 105 Å². The highest BCUT2D eigenvalue weighted by Crippen LogP contribution is 2.30. The first-order valence-electron chi connectivity index (χ1n) is 5.46. The van der Waals surface area contributed by atoms with E-state index in [0.717, 1.165) is 16.8 Å². The van der Waals surface area contributed by atoms with Crippen molar-refractivity contribution >= 4 is 5.97 Å². The number of carboxylic acid groups (broad SMARTS) is 1. The molecule has 0 aliphatic carbocycles. The van der Waals surface area contributed by atoms with Crippen molar-refractivity contribution in [3.8, 4) is 16.9 Å². The molecule has 1 N–H and O–H groups in total. The van der Waals surface area contributed by atoms with Crippen molar-refractivity contribution in [1.82, 2.24) is 4.98 Å². The lowest BCUT2D eigenvalue weighted by Crippen LogP contribution is -1.98. The van der Waals surface area contributed by atoms with Crippen LogP contribution in [0.3, 0.4) is 0 Å².